The van der Waals surface area contributed by atoms with E-state index in [1.54, 1.807) is 6.92 Å². The number of carbonyl (C=O) groups is 2. The minimum atomic E-state index is -0.872. The molecule has 0 atom stereocenters. The van der Waals surface area contributed by atoms with Crippen molar-refractivity contribution in [3.63, 3.8) is 0 Å². The van der Waals surface area contributed by atoms with Crippen LogP contribution in [-0.4, -0.2) is 33.6 Å². The van der Waals surface area contributed by atoms with E-state index in [1.165, 1.54) is 6.07 Å². The van der Waals surface area contributed by atoms with Gasteiger partial charge in [0.25, 0.3) is 11.6 Å². The highest BCUT2D eigenvalue weighted by atomic mass is 16.6. The highest BCUT2D eigenvalue weighted by Crippen LogP contribution is 2.19. The van der Waals surface area contributed by atoms with Crippen molar-refractivity contribution in [1.29, 1.82) is 0 Å². The van der Waals surface area contributed by atoms with Crippen LogP contribution in [-0.2, 0) is 16.1 Å². The third-order valence-electron chi connectivity index (χ3n) is 3.20. The van der Waals surface area contributed by atoms with E-state index in [-0.39, 0.29) is 36.1 Å². The van der Waals surface area contributed by atoms with Crippen LogP contribution in [0.4, 0.5) is 5.69 Å². The first-order valence-electron chi connectivity index (χ1n) is 7.78. The summed E-state index contributed by atoms with van der Waals surface area (Å²) in [6.45, 7) is 5.15. The van der Waals surface area contributed by atoms with Crippen LogP contribution in [0.1, 0.15) is 59.1 Å². The second kappa shape index (κ2) is 8.19. The summed E-state index contributed by atoms with van der Waals surface area (Å²) < 4.78 is 14.8. The van der Waals surface area contributed by atoms with Gasteiger partial charge in [-0.1, -0.05) is 19.0 Å². The van der Waals surface area contributed by atoms with Gasteiger partial charge in [-0.2, -0.15) is 4.98 Å². The number of carbonyl (C=O) groups excluding carboxylic acids is 2. The zero-order chi connectivity index (χ0) is 19.3. The predicted molar refractivity (Wildman–Crippen MR) is 86.6 cm³/mol. The third-order valence-corrected chi connectivity index (χ3v) is 3.20. The molecule has 2 aromatic rings. The Morgan fingerprint density at radius 3 is 2.31 bits per heavy atom. The van der Waals surface area contributed by atoms with E-state index in [9.17, 15) is 19.7 Å². The van der Waals surface area contributed by atoms with E-state index < -0.39 is 22.5 Å². The van der Waals surface area contributed by atoms with Crippen LogP contribution < -0.4 is 0 Å². The lowest BCUT2D eigenvalue weighted by Gasteiger charge is -2.06. The molecule has 0 amide bonds. The molecule has 1 aromatic heterocycles. The minimum Gasteiger partial charge on any atom is -0.462 e. The van der Waals surface area contributed by atoms with Crippen LogP contribution in [0, 0.1) is 10.1 Å². The van der Waals surface area contributed by atoms with Crippen molar-refractivity contribution >= 4 is 17.6 Å². The zero-order valence-electron chi connectivity index (χ0n) is 14.4. The largest absolute Gasteiger partial charge is 0.462 e. The molecule has 0 spiro atoms. The average molecular weight is 363 g/mol. The van der Waals surface area contributed by atoms with Crippen LogP contribution in [0.5, 0.6) is 0 Å². The number of nitrogens with zero attached hydrogens (tertiary/aromatic N) is 3. The highest BCUT2D eigenvalue weighted by molar-refractivity contribution is 5.96. The molecule has 26 heavy (non-hydrogen) atoms. The Hall–Kier alpha value is -3.30. The molecule has 0 N–H and O–H groups in total. The van der Waals surface area contributed by atoms with E-state index in [0.717, 1.165) is 12.1 Å². The van der Waals surface area contributed by atoms with Gasteiger partial charge in [0, 0.05) is 18.1 Å². The molecule has 0 bridgehead atoms. The summed E-state index contributed by atoms with van der Waals surface area (Å²) in [7, 11) is 0. The summed E-state index contributed by atoms with van der Waals surface area (Å²) >= 11 is 0. The highest BCUT2D eigenvalue weighted by Gasteiger charge is 2.20. The number of nitro benzene ring substituents is 1. The third kappa shape index (κ3) is 4.62. The minimum absolute atomic E-state index is 0.0483. The first-order valence-corrected chi connectivity index (χ1v) is 7.78. The quantitative estimate of drug-likeness (QED) is 0.413. The molecule has 0 fully saturated rings. The zero-order valence-corrected chi connectivity index (χ0v) is 14.4. The fourth-order valence-corrected chi connectivity index (χ4v) is 1.94. The van der Waals surface area contributed by atoms with Crippen molar-refractivity contribution in [2.45, 2.75) is 33.3 Å². The summed E-state index contributed by atoms with van der Waals surface area (Å²) in [5, 5.41) is 14.8. The van der Waals surface area contributed by atoms with Gasteiger partial charge in [-0.05, 0) is 13.0 Å². The average Bonchev–Trinajstić information content (AvgIpc) is 3.08. The topological polar surface area (TPSA) is 135 Å². The maximum atomic E-state index is 12.2. The van der Waals surface area contributed by atoms with E-state index in [2.05, 4.69) is 10.1 Å². The SMILES string of the molecule is CCOC(=O)c1cc(C(=O)OCc2nc(C(C)C)no2)cc([N+](=O)[O-])c1. The molecular weight excluding hydrogens is 346 g/mol. The molecule has 10 nitrogen and oxygen atoms in total. The monoisotopic (exact) mass is 363 g/mol. The first-order chi connectivity index (χ1) is 12.3. The lowest BCUT2D eigenvalue weighted by molar-refractivity contribution is -0.384. The van der Waals surface area contributed by atoms with Gasteiger partial charge in [-0.3, -0.25) is 10.1 Å². The van der Waals surface area contributed by atoms with Gasteiger partial charge in [-0.25, -0.2) is 9.59 Å². The molecule has 1 aromatic carbocycles. The number of rotatable bonds is 7. The summed E-state index contributed by atoms with van der Waals surface area (Å²) in [5.74, 6) is -1.03. The number of hydrogen-bond donors (Lipinski definition) is 0. The lowest BCUT2D eigenvalue weighted by Crippen LogP contribution is -2.10. The van der Waals surface area contributed by atoms with Crippen molar-refractivity contribution in [3.8, 4) is 0 Å². The molecule has 0 aliphatic rings. The number of non-ortho nitro benzene ring substituents is 1. The fraction of sp³-hybridized carbons (Fsp3) is 0.375. The van der Waals surface area contributed by atoms with Gasteiger partial charge < -0.3 is 14.0 Å². The number of benzene rings is 1. The van der Waals surface area contributed by atoms with Crippen molar-refractivity contribution < 1.29 is 28.5 Å². The van der Waals surface area contributed by atoms with Crippen LogP contribution in [0.2, 0.25) is 0 Å². The normalized spacial score (nSPS) is 10.6. The fourth-order valence-electron chi connectivity index (χ4n) is 1.94. The van der Waals surface area contributed by atoms with E-state index in [4.69, 9.17) is 14.0 Å². The molecule has 0 aliphatic heterocycles. The molecule has 0 unspecified atom stereocenters. The number of aromatic nitrogens is 2. The van der Waals surface area contributed by atoms with Gasteiger partial charge in [0.2, 0.25) is 0 Å². The Kier molecular flexibility index (Phi) is 5.99. The van der Waals surface area contributed by atoms with Crippen molar-refractivity contribution in [3.05, 3.63) is 51.2 Å². The van der Waals surface area contributed by atoms with Gasteiger partial charge in [0.15, 0.2) is 12.4 Å². The molecule has 0 saturated heterocycles. The lowest BCUT2D eigenvalue weighted by atomic mass is 10.1. The van der Waals surface area contributed by atoms with Crippen LogP contribution >= 0.6 is 0 Å². The Labute approximate surface area is 148 Å². The molecule has 138 valence electrons. The molecule has 0 saturated carbocycles. The van der Waals surface area contributed by atoms with Crippen molar-refractivity contribution in [1.82, 2.24) is 10.1 Å². The van der Waals surface area contributed by atoms with E-state index in [1.807, 2.05) is 13.8 Å². The Balaban J connectivity index is 2.18. The van der Waals surface area contributed by atoms with Gasteiger partial charge in [-0.15, -0.1) is 0 Å². The van der Waals surface area contributed by atoms with Crippen LogP contribution in [0.3, 0.4) is 0 Å². The maximum Gasteiger partial charge on any atom is 0.338 e. The molecule has 10 heteroatoms. The second-order valence-electron chi connectivity index (χ2n) is 5.52. The van der Waals surface area contributed by atoms with Crippen LogP contribution in [0.25, 0.3) is 0 Å². The number of nitro groups is 1. The number of esters is 2. The second-order valence-corrected chi connectivity index (χ2v) is 5.52. The van der Waals surface area contributed by atoms with Crippen molar-refractivity contribution in [2.75, 3.05) is 6.61 Å². The summed E-state index contributed by atoms with van der Waals surface area (Å²) in [5.41, 5.74) is -0.707. The predicted octanol–water partition coefficient (Wildman–Crippen LogP) is 2.63. The molecule has 1 heterocycles. The summed E-state index contributed by atoms with van der Waals surface area (Å²) in [4.78, 5) is 38.3. The summed E-state index contributed by atoms with van der Waals surface area (Å²) in [6, 6.07) is 3.21. The Morgan fingerprint density at radius 2 is 1.81 bits per heavy atom. The smallest absolute Gasteiger partial charge is 0.338 e. The Morgan fingerprint density at radius 1 is 1.19 bits per heavy atom. The van der Waals surface area contributed by atoms with Crippen LogP contribution in [0.15, 0.2) is 22.7 Å². The van der Waals surface area contributed by atoms with Crippen molar-refractivity contribution in [2.24, 2.45) is 0 Å². The molecule has 0 radical (unpaired) electrons. The molecule has 0 aliphatic carbocycles. The first kappa shape index (κ1) is 19.0. The standard InChI is InChI=1S/C16H17N3O7/c1-4-24-15(20)10-5-11(7-12(6-10)19(22)23)16(21)25-8-13-17-14(9(2)3)18-26-13/h5-7,9H,4,8H2,1-3H3. The Bertz CT molecular complexity index is 829. The van der Waals surface area contributed by atoms with Gasteiger partial charge >= 0.3 is 11.9 Å². The molecular formula is C16H17N3O7. The number of hydrogen-bond acceptors (Lipinski definition) is 9. The molecule has 2 rings (SSSR count). The van der Waals surface area contributed by atoms with E-state index >= 15 is 0 Å². The van der Waals surface area contributed by atoms with E-state index in [0.29, 0.717) is 5.82 Å². The maximum absolute atomic E-state index is 12.2. The van der Waals surface area contributed by atoms with Gasteiger partial charge in [0.05, 0.1) is 22.7 Å². The number of ether oxygens (including phenoxy) is 2. The van der Waals surface area contributed by atoms with Gasteiger partial charge in [0.1, 0.15) is 0 Å². The summed E-state index contributed by atoms with van der Waals surface area (Å²) in [6.07, 6.45) is 0.